The van der Waals surface area contributed by atoms with Crippen molar-refractivity contribution in [2.45, 2.75) is 25.2 Å². The van der Waals surface area contributed by atoms with Crippen molar-refractivity contribution in [2.75, 3.05) is 23.4 Å². The van der Waals surface area contributed by atoms with Gasteiger partial charge in [0, 0.05) is 18.3 Å². The molecule has 0 aliphatic carbocycles. The Kier molecular flexibility index (Phi) is 4.83. The van der Waals surface area contributed by atoms with Crippen LogP contribution in [0.25, 0.3) is 11.1 Å². The second-order valence-electron chi connectivity index (χ2n) is 7.10. The highest BCUT2D eigenvalue weighted by Crippen LogP contribution is 2.31. The molecule has 5 rings (SSSR count). The average Bonchev–Trinajstić information content (AvgIpc) is 3.38. The van der Waals surface area contributed by atoms with E-state index in [2.05, 4.69) is 35.1 Å². The summed E-state index contributed by atoms with van der Waals surface area (Å²) in [6.45, 7) is -1.34. The van der Waals surface area contributed by atoms with Gasteiger partial charge in [-0.05, 0) is 36.2 Å². The maximum absolute atomic E-state index is 12.3. The molecule has 1 aromatic carbocycles. The third-order valence-electron chi connectivity index (χ3n) is 5.12. The zero-order valence-electron chi connectivity index (χ0n) is 15.8. The van der Waals surface area contributed by atoms with Gasteiger partial charge in [0.25, 0.3) is 0 Å². The lowest BCUT2D eigenvalue weighted by atomic mass is 10.1. The number of benzene rings is 1. The zero-order valence-corrected chi connectivity index (χ0v) is 15.8. The topological polar surface area (TPSA) is 85.3 Å². The minimum atomic E-state index is -2.85. The summed E-state index contributed by atoms with van der Waals surface area (Å²) < 4.78 is 34.6. The van der Waals surface area contributed by atoms with Crippen molar-refractivity contribution in [1.82, 2.24) is 20.2 Å². The summed E-state index contributed by atoms with van der Waals surface area (Å²) in [5.74, 6) is 1.88. The normalized spacial score (nSPS) is 20.0. The molecule has 1 N–H and O–H groups in total. The molecule has 2 atom stereocenters. The van der Waals surface area contributed by atoms with E-state index in [1.807, 2.05) is 6.07 Å². The Hall–Kier alpha value is -3.40. The van der Waals surface area contributed by atoms with Crippen LogP contribution < -0.4 is 15.0 Å². The second kappa shape index (κ2) is 7.79. The first-order valence-corrected chi connectivity index (χ1v) is 9.50. The van der Waals surface area contributed by atoms with E-state index in [9.17, 15) is 8.78 Å². The number of halogens is 2. The molecular formula is C20H18F2N6O2. The number of ether oxygens (including phenoxy) is 2. The SMILES string of the molecule is FC(F)Oc1ccc(-c2cnnc(Nc3ccnc(N4CC5CC4CO5)n3)c2)cc1. The minimum Gasteiger partial charge on any atom is -0.435 e. The van der Waals surface area contributed by atoms with E-state index in [0.29, 0.717) is 30.2 Å². The number of aromatic nitrogens is 4. The monoisotopic (exact) mass is 412 g/mol. The van der Waals surface area contributed by atoms with Crippen molar-refractivity contribution in [3.63, 3.8) is 0 Å². The average molecular weight is 412 g/mol. The summed E-state index contributed by atoms with van der Waals surface area (Å²) in [4.78, 5) is 11.2. The molecule has 2 bridgehead atoms. The highest BCUT2D eigenvalue weighted by atomic mass is 19.3. The Morgan fingerprint density at radius 3 is 2.73 bits per heavy atom. The van der Waals surface area contributed by atoms with Crippen molar-refractivity contribution in [3.05, 3.63) is 48.8 Å². The van der Waals surface area contributed by atoms with Crippen LogP contribution in [0, 0.1) is 0 Å². The van der Waals surface area contributed by atoms with Crippen LogP contribution in [0.2, 0.25) is 0 Å². The Labute approximate surface area is 170 Å². The van der Waals surface area contributed by atoms with Gasteiger partial charge in [-0.15, -0.1) is 5.10 Å². The minimum absolute atomic E-state index is 0.101. The number of anilines is 3. The molecule has 2 aliphatic rings. The first-order valence-electron chi connectivity index (χ1n) is 9.50. The van der Waals surface area contributed by atoms with Crippen molar-refractivity contribution in [2.24, 2.45) is 0 Å². The lowest BCUT2D eigenvalue weighted by Crippen LogP contribution is -2.38. The third-order valence-corrected chi connectivity index (χ3v) is 5.12. The van der Waals surface area contributed by atoms with Gasteiger partial charge in [0.2, 0.25) is 5.95 Å². The second-order valence-corrected chi connectivity index (χ2v) is 7.10. The molecule has 4 heterocycles. The molecule has 2 saturated heterocycles. The van der Waals surface area contributed by atoms with E-state index >= 15 is 0 Å². The van der Waals surface area contributed by atoms with Crippen molar-refractivity contribution < 1.29 is 18.3 Å². The fourth-order valence-electron chi connectivity index (χ4n) is 3.75. The summed E-state index contributed by atoms with van der Waals surface area (Å²) >= 11 is 0. The first-order chi connectivity index (χ1) is 14.6. The van der Waals surface area contributed by atoms with Gasteiger partial charge in [0.1, 0.15) is 11.6 Å². The van der Waals surface area contributed by atoms with Crippen LogP contribution in [0.15, 0.2) is 48.8 Å². The van der Waals surface area contributed by atoms with E-state index < -0.39 is 6.61 Å². The number of nitrogens with one attached hydrogen (secondary N) is 1. The number of morpholine rings is 1. The van der Waals surface area contributed by atoms with E-state index in [4.69, 9.17) is 4.74 Å². The molecule has 30 heavy (non-hydrogen) atoms. The van der Waals surface area contributed by atoms with Gasteiger partial charge in [-0.2, -0.15) is 18.9 Å². The van der Waals surface area contributed by atoms with Crippen molar-refractivity contribution in [3.8, 4) is 16.9 Å². The standard InChI is InChI=1S/C20H18F2N6O2/c21-19(22)30-15-3-1-12(2-4-15)13-7-18(27-24-9-13)25-17-5-6-23-20(26-17)28-10-16-8-14(28)11-29-16/h1-7,9,14,16,19H,8,10-11H2,(H,23,25,26,27). The Bertz CT molecular complexity index is 1040. The number of nitrogens with zero attached hydrogens (tertiary/aromatic N) is 5. The molecule has 0 spiro atoms. The van der Waals surface area contributed by atoms with Crippen LogP contribution in [0.3, 0.4) is 0 Å². The molecule has 2 aromatic heterocycles. The van der Waals surface area contributed by atoms with E-state index in [1.165, 1.54) is 12.1 Å². The summed E-state index contributed by atoms with van der Waals surface area (Å²) in [5.41, 5.74) is 1.57. The molecule has 2 fully saturated rings. The van der Waals surface area contributed by atoms with Gasteiger partial charge in [-0.3, -0.25) is 0 Å². The smallest absolute Gasteiger partial charge is 0.387 e. The predicted octanol–water partition coefficient (Wildman–Crippen LogP) is 3.26. The van der Waals surface area contributed by atoms with Crippen LogP contribution >= 0.6 is 0 Å². The molecule has 8 nitrogen and oxygen atoms in total. The number of fused-ring (bicyclic) bond motifs is 2. The fraction of sp³-hybridized carbons (Fsp3) is 0.300. The van der Waals surface area contributed by atoms with E-state index in [0.717, 1.165) is 24.1 Å². The lowest BCUT2D eigenvalue weighted by molar-refractivity contribution is -0.0498. The van der Waals surface area contributed by atoms with Crippen LogP contribution in [0.5, 0.6) is 5.75 Å². The number of hydrogen-bond donors (Lipinski definition) is 1. The molecule has 2 aliphatic heterocycles. The highest BCUT2D eigenvalue weighted by Gasteiger charge is 2.40. The molecule has 154 valence electrons. The molecule has 3 aromatic rings. The van der Waals surface area contributed by atoms with Gasteiger partial charge in [0.15, 0.2) is 5.82 Å². The Balaban J connectivity index is 1.32. The van der Waals surface area contributed by atoms with Gasteiger partial charge >= 0.3 is 6.61 Å². The first kappa shape index (κ1) is 18.6. The van der Waals surface area contributed by atoms with E-state index in [1.54, 1.807) is 30.6 Å². The fourth-order valence-corrected chi connectivity index (χ4v) is 3.75. The van der Waals surface area contributed by atoms with Crippen LogP contribution in [0.1, 0.15) is 6.42 Å². The maximum atomic E-state index is 12.3. The van der Waals surface area contributed by atoms with Crippen molar-refractivity contribution >= 4 is 17.6 Å². The summed E-state index contributed by atoms with van der Waals surface area (Å²) in [6.07, 6.45) is 4.57. The number of rotatable bonds is 6. The molecule has 0 amide bonds. The molecule has 2 unspecified atom stereocenters. The Morgan fingerprint density at radius 1 is 1.13 bits per heavy atom. The van der Waals surface area contributed by atoms with Crippen LogP contribution in [-0.2, 0) is 4.74 Å². The summed E-state index contributed by atoms with van der Waals surface area (Å²) in [6, 6.07) is 10.2. The molecule has 10 heteroatoms. The Morgan fingerprint density at radius 2 is 2.00 bits per heavy atom. The quantitative estimate of drug-likeness (QED) is 0.661. The molecular weight excluding hydrogens is 394 g/mol. The van der Waals surface area contributed by atoms with Gasteiger partial charge in [-0.25, -0.2) is 4.98 Å². The highest BCUT2D eigenvalue weighted by molar-refractivity contribution is 5.67. The summed E-state index contributed by atoms with van der Waals surface area (Å²) in [5, 5.41) is 11.3. The van der Waals surface area contributed by atoms with Crippen LogP contribution in [0.4, 0.5) is 26.4 Å². The third kappa shape index (κ3) is 3.86. The van der Waals surface area contributed by atoms with Crippen molar-refractivity contribution in [1.29, 1.82) is 0 Å². The molecule has 0 saturated carbocycles. The van der Waals surface area contributed by atoms with Gasteiger partial charge < -0.3 is 19.7 Å². The number of alkyl halides is 2. The predicted molar refractivity (Wildman–Crippen MR) is 105 cm³/mol. The van der Waals surface area contributed by atoms with Crippen LogP contribution in [-0.4, -0.2) is 52.1 Å². The molecule has 0 radical (unpaired) electrons. The van der Waals surface area contributed by atoms with Gasteiger partial charge in [0.05, 0.1) is 24.9 Å². The lowest BCUT2D eigenvalue weighted by Gasteiger charge is -2.26. The van der Waals surface area contributed by atoms with Gasteiger partial charge in [-0.1, -0.05) is 12.1 Å². The summed E-state index contributed by atoms with van der Waals surface area (Å²) in [7, 11) is 0. The maximum Gasteiger partial charge on any atom is 0.387 e. The van der Waals surface area contributed by atoms with E-state index in [-0.39, 0.29) is 11.9 Å². The zero-order chi connectivity index (χ0) is 20.5. The number of hydrogen-bond acceptors (Lipinski definition) is 8. The largest absolute Gasteiger partial charge is 0.435 e.